The molecule has 192 valence electrons. The summed E-state index contributed by atoms with van der Waals surface area (Å²) in [5, 5.41) is 1.59. The van der Waals surface area contributed by atoms with Gasteiger partial charge in [-0.2, -0.15) is 13.2 Å². The van der Waals surface area contributed by atoms with Crippen molar-refractivity contribution in [2.24, 2.45) is 0 Å². The third-order valence-electron chi connectivity index (χ3n) is 6.88. The van der Waals surface area contributed by atoms with Gasteiger partial charge in [0.1, 0.15) is 17.8 Å². The predicted molar refractivity (Wildman–Crippen MR) is 131 cm³/mol. The van der Waals surface area contributed by atoms with E-state index in [2.05, 4.69) is 21.1 Å². The Morgan fingerprint density at radius 2 is 1.92 bits per heavy atom. The average molecular weight is 522 g/mol. The lowest BCUT2D eigenvalue weighted by Crippen LogP contribution is -2.56. The van der Waals surface area contributed by atoms with Gasteiger partial charge in [0.25, 0.3) is 0 Å². The van der Waals surface area contributed by atoms with Gasteiger partial charge in [-0.3, -0.25) is 0 Å². The Kier molecular flexibility index (Phi) is 6.05. The summed E-state index contributed by atoms with van der Waals surface area (Å²) in [4.78, 5) is 25.2. The van der Waals surface area contributed by atoms with E-state index in [9.17, 15) is 18.0 Å². The maximum atomic E-state index is 13.2. The van der Waals surface area contributed by atoms with Gasteiger partial charge in [0, 0.05) is 42.6 Å². The number of benzene rings is 1. The second-order valence-electron chi connectivity index (χ2n) is 9.97. The van der Waals surface area contributed by atoms with Gasteiger partial charge in [0.15, 0.2) is 0 Å². The normalized spacial score (nSPS) is 19.1. The van der Waals surface area contributed by atoms with Gasteiger partial charge >= 0.3 is 12.3 Å². The van der Waals surface area contributed by atoms with Crippen LogP contribution in [0, 0.1) is 0 Å². The van der Waals surface area contributed by atoms with Gasteiger partial charge < -0.3 is 19.1 Å². The lowest BCUT2D eigenvalue weighted by molar-refractivity contribution is -0.246. The molecule has 1 aliphatic heterocycles. The Bertz CT molecular complexity index is 1300. The Hall–Kier alpha value is -3.01. The van der Waals surface area contributed by atoms with Crippen LogP contribution >= 0.6 is 11.6 Å². The van der Waals surface area contributed by atoms with E-state index in [1.54, 1.807) is 0 Å². The minimum atomic E-state index is -4.65. The molecule has 1 amide bonds. The molecule has 1 atom stereocenters. The van der Waals surface area contributed by atoms with Crippen molar-refractivity contribution in [3.05, 3.63) is 47.4 Å². The van der Waals surface area contributed by atoms with Crippen molar-refractivity contribution in [1.29, 1.82) is 0 Å². The van der Waals surface area contributed by atoms with Crippen molar-refractivity contribution in [1.82, 2.24) is 19.4 Å². The number of carbonyl (C=O) groups excluding carboxylic acids is 1. The number of piperazine rings is 1. The van der Waals surface area contributed by atoms with Crippen molar-refractivity contribution >= 4 is 34.5 Å². The van der Waals surface area contributed by atoms with Gasteiger partial charge in [0.05, 0.1) is 5.39 Å². The fourth-order valence-electron chi connectivity index (χ4n) is 4.60. The van der Waals surface area contributed by atoms with Gasteiger partial charge in [-0.25, -0.2) is 14.8 Å². The molecule has 2 aromatic heterocycles. The predicted octanol–water partition coefficient (Wildman–Crippen LogP) is 5.94. The highest BCUT2D eigenvalue weighted by molar-refractivity contribution is 6.30. The number of hydrogen-bond donors (Lipinski definition) is 0. The molecule has 0 radical (unpaired) electrons. The smallest absolute Gasteiger partial charge is 0.427 e. The lowest BCUT2D eigenvalue weighted by atomic mass is 10.1. The molecule has 1 saturated carbocycles. The van der Waals surface area contributed by atoms with Crippen molar-refractivity contribution in [3.63, 3.8) is 0 Å². The molecule has 7 nitrogen and oxygen atoms in total. The van der Waals surface area contributed by atoms with E-state index in [0.29, 0.717) is 17.5 Å². The molecule has 0 spiro atoms. The highest BCUT2D eigenvalue weighted by Gasteiger charge is 2.51. The fourth-order valence-corrected chi connectivity index (χ4v) is 4.78. The first kappa shape index (κ1) is 24.7. The van der Waals surface area contributed by atoms with Gasteiger partial charge in [-0.15, -0.1) is 0 Å². The number of alkyl halides is 3. The number of anilines is 1. The van der Waals surface area contributed by atoms with E-state index in [1.165, 1.54) is 16.8 Å². The summed E-state index contributed by atoms with van der Waals surface area (Å²) in [6, 6.07) is 7.37. The number of hydrogen-bond acceptors (Lipinski definition) is 5. The van der Waals surface area contributed by atoms with Gasteiger partial charge in [-0.05, 0) is 63.3 Å². The molecule has 1 aliphatic carbocycles. The molecule has 0 unspecified atom stereocenters. The van der Waals surface area contributed by atoms with Crippen LogP contribution < -0.4 is 4.90 Å². The molecule has 11 heteroatoms. The summed E-state index contributed by atoms with van der Waals surface area (Å²) in [6.07, 6.45) is 0.179. The first-order valence-electron chi connectivity index (χ1n) is 11.9. The molecule has 2 fully saturated rings. The number of rotatable bonds is 4. The zero-order valence-electron chi connectivity index (χ0n) is 20.2. The molecular weight excluding hydrogens is 495 g/mol. The quantitative estimate of drug-likeness (QED) is 0.425. The zero-order chi connectivity index (χ0) is 25.8. The number of carbonyl (C=O) groups is 1. The van der Waals surface area contributed by atoms with Crippen molar-refractivity contribution in [2.45, 2.75) is 57.3 Å². The SMILES string of the molecule is C[C@H]1CN(C(=O)OC(C)(C)C(F)(F)F)CCN1c1ncnc2c1c(C1CC1)cn2-c1cccc(Cl)c1. The minimum absolute atomic E-state index is 0.194. The van der Waals surface area contributed by atoms with Crippen LogP contribution in [0.3, 0.4) is 0 Å². The largest absolute Gasteiger partial charge is 0.434 e. The minimum Gasteiger partial charge on any atom is -0.434 e. The van der Waals surface area contributed by atoms with Crippen LogP contribution in [0.2, 0.25) is 5.02 Å². The van der Waals surface area contributed by atoms with E-state index in [4.69, 9.17) is 16.3 Å². The van der Waals surface area contributed by atoms with Gasteiger partial charge in [0.2, 0.25) is 5.60 Å². The second-order valence-corrected chi connectivity index (χ2v) is 10.4. The number of ether oxygens (including phenoxy) is 1. The third-order valence-corrected chi connectivity index (χ3v) is 7.11. The first-order valence-corrected chi connectivity index (χ1v) is 12.3. The standard InChI is InChI=1S/C25H27ClF3N5O2/c1-15-12-32(23(35)36-24(2,3)25(27,28)29)9-10-33(15)21-20-19(16-7-8-16)13-34(22(20)31-14-30-21)18-6-4-5-17(26)11-18/h4-6,11,13-16H,7-10,12H2,1-3H3/t15-/m0/s1. The average Bonchev–Trinajstić information content (AvgIpc) is 3.57. The summed E-state index contributed by atoms with van der Waals surface area (Å²) in [5.41, 5.74) is 0.273. The summed E-state index contributed by atoms with van der Waals surface area (Å²) in [6.45, 7) is 4.47. The van der Waals surface area contributed by atoms with E-state index in [1.807, 2.05) is 35.8 Å². The summed E-state index contributed by atoms with van der Waals surface area (Å²) >= 11 is 6.24. The van der Waals surface area contributed by atoms with Crippen LogP contribution in [0.4, 0.5) is 23.8 Å². The Labute approximate surface area is 211 Å². The molecule has 3 aromatic rings. The van der Waals surface area contributed by atoms with Crippen LogP contribution in [-0.4, -0.2) is 63.0 Å². The van der Waals surface area contributed by atoms with E-state index < -0.39 is 17.9 Å². The molecule has 0 N–H and O–H groups in total. The van der Waals surface area contributed by atoms with Gasteiger partial charge in [-0.1, -0.05) is 17.7 Å². The molecule has 2 aliphatic rings. The second kappa shape index (κ2) is 8.83. The zero-order valence-corrected chi connectivity index (χ0v) is 21.0. The molecule has 5 rings (SSSR count). The van der Waals surface area contributed by atoms with E-state index in [-0.39, 0.29) is 19.1 Å². The van der Waals surface area contributed by atoms with Crippen LogP contribution in [-0.2, 0) is 4.74 Å². The molecule has 3 heterocycles. The molecule has 0 bridgehead atoms. The highest BCUT2D eigenvalue weighted by atomic mass is 35.5. The van der Waals surface area contributed by atoms with E-state index >= 15 is 0 Å². The fraction of sp³-hybridized carbons (Fsp3) is 0.480. The maximum absolute atomic E-state index is 13.2. The lowest BCUT2D eigenvalue weighted by Gasteiger charge is -2.41. The van der Waals surface area contributed by atoms with Crippen LogP contribution in [0.25, 0.3) is 16.7 Å². The number of aromatic nitrogens is 3. The van der Waals surface area contributed by atoms with Crippen molar-refractivity contribution < 1.29 is 22.7 Å². The summed E-state index contributed by atoms with van der Waals surface area (Å²) in [7, 11) is 0. The summed E-state index contributed by atoms with van der Waals surface area (Å²) in [5.74, 6) is 1.19. The number of fused-ring (bicyclic) bond motifs is 1. The molecule has 1 saturated heterocycles. The number of nitrogens with zero attached hydrogens (tertiary/aromatic N) is 5. The molecular formula is C25H27ClF3N5O2. The van der Waals surface area contributed by atoms with Crippen molar-refractivity contribution in [2.75, 3.05) is 24.5 Å². The monoisotopic (exact) mass is 521 g/mol. The topological polar surface area (TPSA) is 63.5 Å². The summed E-state index contributed by atoms with van der Waals surface area (Å²) < 4.78 is 46.4. The molecule has 1 aromatic carbocycles. The maximum Gasteiger partial charge on any atom is 0.427 e. The van der Waals surface area contributed by atoms with Crippen LogP contribution in [0.5, 0.6) is 0 Å². The Morgan fingerprint density at radius 3 is 2.56 bits per heavy atom. The van der Waals surface area contributed by atoms with E-state index in [0.717, 1.165) is 49.2 Å². The molecule has 36 heavy (non-hydrogen) atoms. The third kappa shape index (κ3) is 4.47. The first-order chi connectivity index (χ1) is 17.0. The number of amides is 1. The Balaban J connectivity index is 1.44. The van der Waals surface area contributed by atoms with Crippen LogP contribution in [0.1, 0.15) is 45.1 Å². The van der Waals surface area contributed by atoms with Crippen molar-refractivity contribution in [3.8, 4) is 5.69 Å². The number of halogens is 4. The van der Waals surface area contributed by atoms with Crippen LogP contribution in [0.15, 0.2) is 36.8 Å². The Morgan fingerprint density at radius 1 is 1.17 bits per heavy atom. The highest BCUT2D eigenvalue weighted by Crippen LogP contribution is 2.46.